The molecule has 6 nitrogen and oxygen atoms in total. The third-order valence-corrected chi connectivity index (χ3v) is 4.76. The summed E-state index contributed by atoms with van der Waals surface area (Å²) in [5.74, 6) is -0.924. The van der Waals surface area contributed by atoms with E-state index in [0.29, 0.717) is 22.5 Å². The molecule has 2 amide bonds. The van der Waals surface area contributed by atoms with E-state index >= 15 is 0 Å². The molecule has 0 N–H and O–H groups in total. The summed E-state index contributed by atoms with van der Waals surface area (Å²) in [5.41, 5.74) is 3.49. The molecular weight excluding hydrogens is 364 g/mol. The Bertz CT molecular complexity index is 1210. The molecule has 0 radical (unpaired) electrons. The van der Waals surface area contributed by atoms with Gasteiger partial charge in [0, 0.05) is 11.1 Å². The molecule has 5 rings (SSSR count). The van der Waals surface area contributed by atoms with Crippen LogP contribution >= 0.6 is 0 Å². The second-order valence-corrected chi connectivity index (χ2v) is 6.53. The van der Waals surface area contributed by atoms with Crippen molar-refractivity contribution in [2.45, 2.75) is 0 Å². The smallest absolute Gasteiger partial charge is 0.268 e. The molecule has 138 valence electrons. The first kappa shape index (κ1) is 16.9. The number of fused-ring (bicyclic) bond motifs is 1. The van der Waals surface area contributed by atoms with Gasteiger partial charge in [0.1, 0.15) is 11.4 Å². The molecule has 0 aliphatic carbocycles. The Morgan fingerprint density at radius 3 is 1.59 bits per heavy atom. The topological polar surface area (TPSA) is 76.1 Å². The van der Waals surface area contributed by atoms with E-state index in [1.54, 1.807) is 24.3 Å². The Balaban J connectivity index is 1.67. The van der Waals surface area contributed by atoms with Crippen molar-refractivity contribution in [1.29, 1.82) is 0 Å². The molecule has 1 aliphatic heterocycles. The maximum absolute atomic E-state index is 12.8. The first-order valence-electron chi connectivity index (χ1n) is 9.07. The second-order valence-electron chi connectivity index (χ2n) is 6.53. The van der Waals surface area contributed by atoms with Crippen LogP contribution in [0.1, 0.15) is 20.7 Å². The highest BCUT2D eigenvalue weighted by molar-refractivity contribution is 6.33. The third kappa shape index (κ3) is 2.78. The maximum atomic E-state index is 12.8. The van der Waals surface area contributed by atoms with Gasteiger partial charge in [0.15, 0.2) is 0 Å². The zero-order valence-corrected chi connectivity index (χ0v) is 15.2. The predicted octanol–water partition coefficient (Wildman–Crippen LogP) is 4.01. The average molecular weight is 378 g/mol. The number of amides is 2. The molecule has 0 bridgehead atoms. The van der Waals surface area contributed by atoms with Gasteiger partial charge in [0.25, 0.3) is 17.8 Å². The lowest BCUT2D eigenvalue weighted by molar-refractivity contribution is 0.0923. The Morgan fingerprint density at radius 1 is 0.552 bits per heavy atom. The Kier molecular flexibility index (Phi) is 3.95. The minimum atomic E-state index is -0.445. The number of carbonyl (C=O) groups excluding carboxylic acids is 2. The summed E-state index contributed by atoms with van der Waals surface area (Å²) in [6.45, 7) is 0. The molecule has 0 fully saturated rings. The number of carbonyl (C=O) groups is 2. The van der Waals surface area contributed by atoms with Crippen LogP contribution in [-0.4, -0.2) is 27.0 Å². The summed E-state index contributed by atoms with van der Waals surface area (Å²) in [6, 6.07) is 25.8. The van der Waals surface area contributed by atoms with Crippen LogP contribution in [0.2, 0.25) is 0 Å². The summed E-state index contributed by atoms with van der Waals surface area (Å²) in [5, 5.41) is 8.47. The lowest BCUT2D eigenvalue weighted by atomic mass is 10.0. The maximum Gasteiger partial charge on any atom is 0.268 e. The summed E-state index contributed by atoms with van der Waals surface area (Å²) in [7, 11) is 0. The number of benzene rings is 3. The van der Waals surface area contributed by atoms with Gasteiger partial charge >= 0.3 is 0 Å². The van der Waals surface area contributed by atoms with E-state index in [-0.39, 0.29) is 5.95 Å². The number of hydrogen-bond donors (Lipinski definition) is 0. The van der Waals surface area contributed by atoms with E-state index < -0.39 is 11.8 Å². The van der Waals surface area contributed by atoms with Crippen LogP contribution < -0.4 is 4.90 Å². The van der Waals surface area contributed by atoms with Gasteiger partial charge in [-0.3, -0.25) is 9.59 Å². The van der Waals surface area contributed by atoms with Gasteiger partial charge in [-0.05, 0) is 12.1 Å². The SMILES string of the molecule is O=C1c2ccccc2C(=O)N1c1nnc(-c2ccccc2)c(-c2ccccc2)n1. The van der Waals surface area contributed by atoms with E-state index in [0.717, 1.165) is 16.0 Å². The standard InChI is InChI=1S/C23H14N4O2/c28-21-17-13-7-8-14-18(17)22(29)27(21)23-24-19(15-9-3-1-4-10-15)20(25-26-23)16-11-5-2-6-12-16/h1-14H. The largest absolute Gasteiger partial charge is 0.268 e. The van der Waals surface area contributed by atoms with Crippen molar-refractivity contribution in [3.63, 3.8) is 0 Å². The number of rotatable bonds is 3. The van der Waals surface area contributed by atoms with Crippen molar-refractivity contribution in [2.24, 2.45) is 0 Å². The molecule has 29 heavy (non-hydrogen) atoms. The molecule has 0 unspecified atom stereocenters. The molecule has 4 aromatic rings. The predicted molar refractivity (Wildman–Crippen MR) is 108 cm³/mol. The fourth-order valence-electron chi connectivity index (χ4n) is 3.37. The van der Waals surface area contributed by atoms with Gasteiger partial charge in [0.2, 0.25) is 0 Å². The van der Waals surface area contributed by atoms with Crippen molar-refractivity contribution in [3.05, 3.63) is 96.1 Å². The Hall–Kier alpha value is -4.19. The lowest BCUT2D eigenvalue weighted by Gasteiger charge is -2.14. The Morgan fingerprint density at radius 2 is 1.03 bits per heavy atom. The van der Waals surface area contributed by atoms with Crippen molar-refractivity contribution in [3.8, 4) is 22.5 Å². The van der Waals surface area contributed by atoms with Crippen molar-refractivity contribution in [1.82, 2.24) is 15.2 Å². The van der Waals surface area contributed by atoms with Crippen LogP contribution in [0.4, 0.5) is 5.95 Å². The van der Waals surface area contributed by atoms with Crippen molar-refractivity contribution < 1.29 is 9.59 Å². The lowest BCUT2D eigenvalue weighted by Crippen LogP contribution is -2.31. The molecule has 1 aromatic heterocycles. The van der Waals surface area contributed by atoms with Crippen molar-refractivity contribution >= 4 is 17.8 Å². The van der Waals surface area contributed by atoms with Gasteiger partial charge in [-0.15, -0.1) is 10.2 Å². The summed E-state index contributed by atoms with van der Waals surface area (Å²) in [6.07, 6.45) is 0. The molecule has 1 aliphatic rings. The second kappa shape index (κ2) is 6.76. The fraction of sp³-hybridized carbons (Fsp3) is 0. The van der Waals surface area contributed by atoms with E-state index in [1.165, 1.54) is 0 Å². The highest BCUT2D eigenvalue weighted by Crippen LogP contribution is 2.31. The monoisotopic (exact) mass is 378 g/mol. The van der Waals surface area contributed by atoms with Gasteiger partial charge in [-0.25, -0.2) is 9.88 Å². The first-order valence-corrected chi connectivity index (χ1v) is 9.07. The van der Waals surface area contributed by atoms with Crippen LogP contribution in [0.25, 0.3) is 22.5 Å². The van der Waals surface area contributed by atoms with Crippen LogP contribution in [0.3, 0.4) is 0 Å². The van der Waals surface area contributed by atoms with Crippen LogP contribution in [0.15, 0.2) is 84.9 Å². The fourth-order valence-corrected chi connectivity index (χ4v) is 3.37. The number of nitrogens with zero attached hydrogens (tertiary/aromatic N) is 4. The van der Waals surface area contributed by atoms with Crippen molar-refractivity contribution in [2.75, 3.05) is 4.90 Å². The third-order valence-electron chi connectivity index (χ3n) is 4.76. The van der Waals surface area contributed by atoms with Gasteiger partial charge in [-0.2, -0.15) is 0 Å². The Labute approximate surface area is 166 Å². The minimum absolute atomic E-state index is 0.0327. The number of hydrogen-bond acceptors (Lipinski definition) is 5. The summed E-state index contributed by atoms with van der Waals surface area (Å²) in [4.78, 5) is 31.2. The molecule has 3 aromatic carbocycles. The van der Waals surface area contributed by atoms with Crippen LogP contribution in [0.5, 0.6) is 0 Å². The number of aromatic nitrogens is 3. The van der Waals surface area contributed by atoms with Gasteiger partial charge in [-0.1, -0.05) is 72.8 Å². The molecule has 0 saturated carbocycles. The highest BCUT2D eigenvalue weighted by Gasteiger charge is 2.38. The number of anilines is 1. The zero-order chi connectivity index (χ0) is 19.8. The van der Waals surface area contributed by atoms with Crippen LogP contribution in [0, 0.1) is 0 Å². The van der Waals surface area contributed by atoms with Gasteiger partial charge < -0.3 is 0 Å². The van der Waals surface area contributed by atoms with E-state index in [1.807, 2.05) is 60.7 Å². The summed E-state index contributed by atoms with van der Waals surface area (Å²) < 4.78 is 0. The number of imide groups is 1. The molecule has 0 spiro atoms. The molecule has 2 heterocycles. The van der Waals surface area contributed by atoms with E-state index in [9.17, 15) is 9.59 Å². The quantitative estimate of drug-likeness (QED) is 0.504. The zero-order valence-electron chi connectivity index (χ0n) is 15.2. The normalized spacial score (nSPS) is 12.9. The average Bonchev–Trinajstić information content (AvgIpc) is 3.05. The van der Waals surface area contributed by atoms with E-state index in [4.69, 9.17) is 0 Å². The van der Waals surface area contributed by atoms with E-state index in [2.05, 4.69) is 15.2 Å². The van der Waals surface area contributed by atoms with Crippen LogP contribution in [-0.2, 0) is 0 Å². The molecular formula is C23H14N4O2. The summed E-state index contributed by atoms with van der Waals surface area (Å²) >= 11 is 0. The molecule has 0 saturated heterocycles. The first-order chi connectivity index (χ1) is 14.2. The minimum Gasteiger partial charge on any atom is -0.268 e. The molecule has 6 heteroatoms. The highest BCUT2D eigenvalue weighted by atomic mass is 16.2. The van der Waals surface area contributed by atoms with Gasteiger partial charge in [0.05, 0.1) is 11.1 Å². The molecule has 0 atom stereocenters.